The van der Waals surface area contributed by atoms with Crippen molar-refractivity contribution in [1.82, 2.24) is 14.4 Å². The molecule has 2 fully saturated rings. The van der Waals surface area contributed by atoms with E-state index < -0.39 is 0 Å². The molecular formula is C16H25N3O. The zero-order chi connectivity index (χ0) is 14.3. The van der Waals surface area contributed by atoms with Gasteiger partial charge in [0.1, 0.15) is 0 Å². The van der Waals surface area contributed by atoms with Crippen molar-refractivity contribution in [2.24, 2.45) is 0 Å². The third kappa shape index (κ3) is 2.42. The molecule has 4 heteroatoms. The maximum Gasteiger partial charge on any atom is 0.250 e. The topological polar surface area (TPSA) is 28.5 Å². The fourth-order valence-corrected chi connectivity index (χ4v) is 3.53. The highest BCUT2D eigenvalue weighted by Crippen LogP contribution is 2.34. The summed E-state index contributed by atoms with van der Waals surface area (Å²) in [7, 11) is 0. The zero-order valence-corrected chi connectivity index (χ0v) is 12.7. The van der Waals surface area contributed by atoms with E-state index in [-0.39, 0.29) is 5.56 Å². The molecule has 0 aliphatic carbocycles. The summed E-state index contributed by atoms with van der Waals surface area (Å²) in [5.41, 5.74) is 1.37. The molecular weight excluding hydrogens is 250 g/mol. The Hall–Kier alpha value is -1.13. The van der Waals surface area contributed by atoms with E-state index in [0.717, 1.165) is 13.1 Å². The van der Waals surface area contributed by atoms with Crippen LogP contribution in [0.4, 0.5) is 0 Å². The van der Waals surface area contributed by atoms with Crippen LogP contribution in [0.3, 0.4) is 0 Å². The van der Waals surface area contributed by atoms with Gasteiger partial charge in [0.25, 0.3) is 5.56 Å². The first-order valence-corrected chi connectivity index (χ1v) is 7.77. The van der Waals surface area contributed by atoms with E-state index in [0.29, 0.717) is 18.1 Å². The van der Waals surface area contributed by atoms with E-state index in [1.54, 1.807) is 10.6 Å². The predicted molar refractivity (Wildman–Crippen MR) is 80.8 cm³/mol. The standard InChI is InChI=1S/C16H25N3O/c1-4-17-8-13(5-6-16(17)20)9-19-14-7-15(19)11-18(10-14)12(2)3/h5-6,8,12,14-15H,4,7,9-11H2,1-3H3. The predicted octanol–water partition coefficient (Wildman–Crippen LogP) is 1.54. The van der Waals surface area contributed by atoms with Crippen molar-refractivity contribution in [3.05, 3.63) is 34.2 Å². The van der Waals surface area contributed by atoms with Gasteiger partial charge in [0.15, 0.2) is 0 Å². The molecule has 4 nitrogen and oxygen atoms in total. The summed E-state index contributed by atoms with van der Waals surface area (Å²) in [5, 5.41) is 0. The van der Waals surface area contributed by atoms with Gasteiger partial charge in [-0.1, -0.05) is 6.07 Å². The van der Waals surface area contributed by atoms with E-state index in [1.807, 2.05) is 19.2 Å². The van der Waals surface area contributed by atoms with E-state index in [9.17, 15) is 4.79 Å². The maximum atomic E-state index is 11.6. The highest BCUT2D eigenvalue weighted by molar-refractivity contribution is 5.13. The normalized spacial score (nSPS) is 26.8. The molecule has 2 atom stereocenters. The number of likely N-dealkylation sites (tertiary alicyclic amines) is 2. The molecule has 2 unspecified atom stereocenters. The van der Waals surface area contributed by atoms with Gasteiger partial charge in [0, 0.05) is 56.6 Å². The van der Waals surface area contributed by atoms with Gasteiger partial charge >= 0.3 is 0 Å². The van der Waals surface area contributed by atoms with E-state index in [1.165, 1.54) is 25.1 Å². The largest absolute Gasteiger partial charge is 0.315 e. The van der Waals surface area contributed by atoms with Gasteiger partial charge in [-0.05, 0) is 32.8 Å². The smallest absolute Gasteiger partial charge is 0.250 e. The van der Waals surface area contributed by atoms with Crippen molar-refractivity contribution in [2.45, 2.75) is 58.4 Å². The Labute approximate surface area is 121 Å². The minimum atomic E-state index is 0.103. The van der Waals surface area contributed by atoms with Crippen molar-refractivity contribution in [2.75, 3.05) is 13.1 Å². The first kappa shape index (κ1) is 13.8. The number of pyridine rings is 1. The zero-order valence-electron chi connectivity index (χ0n) is 12.7. The molecule has 0 radical (unpaired) electrons. The Kier molecular flexibility index (Phi) is 3.69. The Balaban J connectivity index is 1.67. The first-order chi connectivity index (χ1) is 9.58. The number of hydrogen-bond donors (Lipinski definition) is 0. The van der Waals surface area contributed by atoms with E-state index >= 15 is 0 Å². The molecule has 1 aromatic heterocycles. The third-order valence-electron chi connectivity index (χ3n) is 4.85. The van der Waals surface area contributed by atoms with Crippen LogP contribution in [-0.4, -0.2) is 45.6 Å². The average Bonchev–Trinajstić information content (AvgIpc) is 2.46. The second-order valence-electron chi connectivity index (χ2n) is 6.42. The van der Waals surface area contributed by atoms with Crippen LogP contribution in [0.2, 0.25) is 0 Å². The highest BCUT2D eigenvalue weighted by Gasteiger charge is 2.44. The van der Waals surface area contributed by atoms with Gasteiger partial charge < -0.3 is 4.57 Å². The Morgan fingerprint density at radius 2 is 1.95 bits per heavy atom. The number of piperazine rings is 1. The van der Waals surface area contributed by atoms with Crippen molar-refractivity contribution < 1.29 is 0 Å². The molecule has 0 amide bonds. The van der Waals surface area contributed by atoms with Gasteiger partial charge in [0.2, 0.25) is 0 Å². The average molecular weight is 275 g/mol. The van der Waals surface area contributed by atoms with Gasteiger partial charge in [0.05, 0.1) is 0 Å². The van der Waals surface area contributed by atoms with Crippen LogP contribution < -0.4 is 5.56 Å². The molecule has 2 bridgehead atoms. The lowest BCUT2D eigenvalue weighted by molar-refractivity contribution is -0.0835. The van der Waals surface area contributed by atoms with Crippen LogP contribution in [0.5, 0.6) is 0 Å². The molecule has 0 saturated carbocycles. The Morgan fingerprint density at radius 3 is 2.55 bits per heavy atom. The molecule has 110 valence electrons. The number of aromatic nitrogens is 1. The lowest BCUT2D eigenvalue weighted by Gasteiger charge is -2.57. The van der Waals surface area contributed by atoms with Crippen LogP contribution in [0.15, 0.2) is 23.1 Å². The molecule has 0 N–H and O–H groups in total. The summed E-state index contributed by atoms with van der Waals surface area (Å²) in [4.78, 5) is 16.8. The first-order valence-electron chi connectivity index (χ1n) is 7.77. The number of piperidine rings is 1. The number of hydrogen-bond acceptors (Lipinski definition) is 3. The van der Waals surface area contributed by atoms with Crippen LogP contribution >= 0.6 is 0 Å². The monoisotopic (exact) mass is 275 g/mol. The SMILES string of the molecule is CCn1cc(CN2C3CC2CN(C(C)C)C3)ccc1=O. The molecule has 3 heterocycles. The molecule has 2 aliphatic heterocycles. The van der Waals surface area contributed by atoms with Crippen LogP contribution in [-0.2, 0) is 13.1 Å². The second kappa shape index (κ2) is 5.34. The molecule has 20 heavy (non-hydrogen) atoms. The Bertz CT molecular complexity index is 525. The fourth-order valence-electron chi connectivity index (χ4n) is 3.53. The molecule has 2 saturated heterocycles. The second-order valence-corrected chi connectivity index (χ2v) is 6.42. The van der Waals surface area contributed by atoms with Crippen LogP contribution in [0.1, 0.15) is 32.8 Å². The van der Waals surface area contributed by atoms with Gasteiger partial charge in [-0.15, -0.1) is 0 Å². The summed E-state index contributed by atoms with van der Waals surface area (Å²) in [5.74, 6) is 0. The number of fused-ring (bicyclic) bond motifs is 2. The van der Waals surface area contributed by atoms with Gasteiger partial charge in [-0.2, -0.15) is 0 Å². The summed E-state index contributed by atoms with van der Waals surface area (Å²) < 4.78 is 1.80. The van der Waals surface area contributed by atoms with Gasteiger partial charge in [-0.25, -0.2) is 0 Å². The molecule has 0 spiro atoms. The summed E-state index contributed by atoms with van der Waals surface area (Å²) in [6.45, 7) is 10.7. The minimum absolute atomic E-state index is 0.103. The molecule has 2 aliphatic rings. The van der Waals surface area contributed by atoms with Crippen molar-refractivity contribution in [1.29, 1.82) is 0 Å². The third-order valence-corrected chi connectivity index (χ3v) is 4.85. The highest BCUT2D eigenvalue weighted by atomic mass is 16.1. The quantitative estimate of drug-likeness (QED) is 0.834. The van der Waals surface area contributed by atoms with Crippen LogP contribution in [0, 0.1) is 0 Å². The summed E-state index contributed by atoms with van der Waals surface area (Å²) in [6.07, 6.45) is 3.37. The fraction of sp³-hybridized carbons (Fsp3) is 0.688. The van der Waals surface area contributed by atoms with Crippen molar-refractivity contribution in [3.8, 4) is 0 Å². The number of nitrogens with zero attached hydrogens (tertiary/aromatic N) is 3. The molecule has 0 aromatic carbocycles. The molecule has 1 aromatic rings. The Morgan fingerprint density at radius 1 is 1.25 bits per heavy atom. The van der Waals surface area contributed by atoms with E-state index in [2.05, 4.69) is 23.6 Å². The lowest BCUT2D eigenvalue weighted by Crippen LogP contribution is -2.68. The van der Waals surface area contributed by atoms with Crippen LogP contribution in [0.25, 0.3) is 0 Å². The maximum absolute atomic E-state index is 11.6. The van der Waals surface area contributed by atoms with E-state index in [4.69, 9.17) is 0 Å². The minimum Gasteiger partial charge on any atom is -0.315 e. The summed E-state index contributed by atoms with van der Waals surface area (Å²) in [6, 6.07) is 5.76. The molecule has 3 rings (SSSR count). The summed E-state index contributed by atoms with van der Waals surface area (Å²) >= 11 is 0. The number of rotatable bonds is 4. The van der Waals surface area contributed by atoms with Gasteiger partial charge in [-0.3, -0.25) is 14.6 Å². The number of aryl methyl sites for hydroxylation is 1. The lowest BCUT2D eigenvalue weighted by atomic mass is 9.86. The van der Waals surface area contributed by atoms with Crippen molar-refractivity contribution >= 4 is 0 Å². The van der Waals surface area contributed by atoms with Crippen molar-refractivity contribution in [3.63, 3.8) is 0 Å².